The molecule has 7 heteroatoms. The number of carbonyl (C=O) groups is 1. The molecule has 3 N–H and O–H groups in total. The van der Waals surface area contributed by atoms with Crippen LogP contribution in [-0.2, 0) is 26.4 Å². The second kappa shape index (κ2) is 9.53. The molecule has 4 aromatic rings. The molecule has 0 fully saturated rings. The molecule has 0 radical (unpaired) electrons. The fourth-order valence-corrected chi connectivity index (χ4v) is 8.08. The minimum absolute atomic E-state index is 0.0466. The molecule has 3 aliphatic carbocycles. The summed E-state index contributed by atoms with van der Waals surface area (Å²) in [5.41, 5.74) is 11.4. The van der Waals surface area contributed by atoms with E-state index in [9.17, 15) is 23.4 Å². The molecule has 3 aliphatic rings. The fraction of sp³-hybridized carbons (Fsp3) is 0.324. The van der Waals surface area contributed by atoms with Crippen LogP contribution < -0.4 is 0 Å². The lowest BCUT2D eigenvalue weighted by molar-refractivity contribution is 0.104. The molecule has 44 heavy (non-hydrogen) atoms. The minimum atomic E-state index is -3.67. The molecule has 6 nitrogen and oxygen atoms in total. The van der Waals surface area contributed by atoms with Gasteiger partial charge in [0.25, 0.3) is 10.1 Å². The Morgan fingerprint density at radius 2 is 1.14 bits per heavy atom. The SMILES string of the molecule is CS(=O)(=O)O.Cc1ccc2c(c1)C(=O)c1cc(-c3cc4c(cc3O)C3(CC(C)(C)c5cc(C)c(O)cc53)CC4(C)C)ccc1-2. The summed E-state index contributed by atoms with van der Waals surface area (Å²) >= 11 is 0. The molecule has 0 aliphatic heterocycles. The fourth-order valence-electron chi connectivity index (χ4n) is 8.08. The summed E-state index contributed by atoms with van der Waals surface area (Å²) in [4.78, 5) is 13.3. The number of phenolic OH excluding ortho intramolecular Hbond substituents is 2. The summed E-state index contributed by atoms with van der Waals surface area (Å²) in [6.45, 7) is 13.1. The number of aryl methyl sites for hydroxylation is 2. The Hall–Kier alpha value is -3.94. The van der Waals surface area contributed by atoms with Crippen LogP contribution >= 0.6 is 0 Å². The number of phenols is 2. The first kappa shape index (κ1) is 30.1. The van der Waals surface area contributed by atoms with Crippen molar-refractivity contribution in [2.45, 2.75) is 70.6 Å². The average molecular weight is 611 g/mol. The van der Waals surface area contributed by atoms with Gasteiger partial charge in [0.1, 0.15) is 11.5 Å². The maximum Gasteiger partial charge on any atom is 0.261 e. The lowest BCUT2D eigenvalue weighted by Gasteiger charge is -2.30. The predicted molar refractivity (Wildman–Crippen MR) is 174 cm³/mol. The van der Waals surface area contributed by atoms with Gasteiger partial charge in [0.05, 0.1) is 6.26 Å². The summed E-state index contributed by atoms with van der Waals surface area (Å²) < 4.78 is 25.9. The molecule has 228 valence electrons. The molecule has 7 rings (SSSR count). The van der Waals surface area contributed by atoms with Crippen LogP contribution in [0, 0.1) is 13.8 Å². The largest absolute Gasteiger partial charge is 0.508 e. The number of benzene rings is 4. The Balaban J connectivity index is 0.000000637. The summed E-state index contributed by atoms with van der Waals surface area (Å²) in [5, 5.41) is 22.2. The standard InChI is InChI=1S/C36H34O3.CH4O3S/c1-19-7-9-22-23-10-8-21(13-26(23)33(39)25(22)11-19)24-14-28-30(16-32(24)38)36(18-35(28,5)6)17-34(3,4)27-12-20(2)31(37)15-29(27)36;1-5(2,3)4/h7-16,37-38H,17-18H2,1-6H3;1H3,(H,2,3,4). The molecule has 0 aromatic heterocycles. The Kier molecular flexibility index (Phi) is 6.52. The number of ketones is 1. The predicted octanol–water partition coefficient (Wildman–Crippen LogP) is 7.75. The molecule has 1 unspecified atom stereocenters. The topological polar surface area (TPSA) is 112 Å². The van der Waals surface area contributed by atoms with Crippen LogP contribution in [0.15, 0.2) is 60.7 Å². The normalized spacial score (nSPS) is 20.0. The van der Waals surface area contributed by atoms with E-state index in [0.717, 1.165) is 57.3 Å². The van der Waals surface area contributed by atoms with E-state index in [1.54, 1.807) is 0 Å². The molecule has 0 amide bonds. The van der Waals surface area contributed by atoms with Crippen molar-refractivity contribution in [1.82, 2.24) is 0 Å². The quantitative estimate of drug-likeness (QED) is 0.167. The third-order valence-electron chi connectivity index (χ3n) is 9.73. The van der Waals surface area contributed by atoms with E-state index in [2.05, 4.69) is 39.8 Å². The van der Waals surface area contributed by atoms with Crippen LogP contribution in [0.4, 0.5) is 0 Å². The van der Waals surface area contributed by atoms with Gasteiger partial charge in [-0.1, -0.05) is 63.6 Å². The van der Waals surface area contributed by atoms with Crippen molar-refractivity contribution in [1.29, 1.82) is 0 Å². The van der Waals surface area contributed by atoms with Gasteiger partial charge in [0.2, 0.25) is 0 Å². The van der Waals surface area contributed by atoms with E-state index in [1.807, 2.05) is 62.4 Å². The highest BCUT2D eigenvalue weighted by Gasteiger charge is 2.56. The zero-order valence-electron chi connectivity index (χ0n) is 26.2. The van der Waals surface area contributed by atoms with Gasteiger partial charge in [-0.2, -0.15) is 8.42 Å². The first-order chi connectivity index (χ1) is 20.3. The second-order valence-electron chi connectivity index (χ2n) is 14.2. The van der Waals surface area contributed by atoms with Gasteiger partial charge in [-0.3, -0.25) is 9.35 Å². The van der Waals surface area contributed by atoms with Crippen LogP contribution in [-0.4, -0.2) is 35.2 Å². The van der Waals surface area contributed by atoms with E-state index in [1.165, 1.54) is 16.7 Å². The molecule has 0 saturated carbocycles. The molecule has 0 bridgehead atoms. The van der Waals surface area contributed by atoms with Gasteiger partial charge in [0, 0.05) is 22.1 Å². The van der Waals surface area contributed by atoms with Crippen LogP contribution in [0.5, 0.6) is 11.5 Å². The molecular formula is C37H38O6S. The Bertz CT molecular complexity index is 2010. The van der Waals surface area contributed by atoms with Gasteiger partial charge >= 0.3 is 0 Å². The molecule has 0 saturated heterocycles. The summed E-state index contributed by atoms with van der Waals surface area (Å²) in [6.07, 6.45) is 2.56. The van der Waals surface area contributed by atoms with E-state index in [0.29, 0.717) is 17.6 Å². The van der Waals surface area contributed by atoms with E-state index in [-0.39, 0.29) is 27.8 Å². The monoisotopic (exact) mass is 610 g/mol. The molecule has 1 spiro atoms. The zero-order valence-corrected chi connectivity index (χ0v) is 27.0. The highest BCUT2D eigenvalue weighted by Crippen LogP contribution is 2.64. The lowest BCUT2D eigenvalue weighted by atomic mass is 9.72. The van der Waals surface area contributed by atoms with E-state index < -0.39 is 10.1 Å². The summed E-state index contributed by atoms with van der Waals surface area (Å²) in [5.74, 6) is 0.606. The van der Waals surface area contributed by atoms with Crippen LogP contribution in [0.25, 0.3) is 22.3 Å². The number of fused-ring (bicyclic) bond motifs is 7. The smallest absolute Gasteiger partial charge is 0.261 e. The number of carbonyl (C=O) groups excluding carboxylic acids is 1. The van der Waals surface area contributed by atoms with Crippen molar-refractivity contribution in [2.75, 3.05) is 6.26 Å². The van der Waals surface area contributed by atoms with Crippen molar-refractivity contribution >= 4 is 15.9 Å². The maximum atomic E-state index is 13.3. The lowest BCUT2D eigenvalue weighted by Crippen LogP contribution is -2.26. The number of aromatic hydroxyl groups is 2. The van der Waals surface area contributed by atoms with E-state index in [4.69, 9.17) is 4.55 Å². The number of hydrogen-bond acceptors (Lipinski definition) is 5. The van der Waals surface area contributed by atoms with Crippen molar-refractivity contribution in [3.05, 3.63) is 105 Å². The van der Waals surface area contributed by atoms with Gasteiger partial charge in [-0.05, 0) is 112 Å². The molecule has 1 atom stereocenters. The Labute approximate surface area is 259 Å². The Morgan fingerprint density at radius 3 is 1.73 bits per heavy atom. The molecular weight excluding hydrogens is 572 g/mol. The van der Waals surface area contributed by atoms with Gasteiger partial charge in [-0.15, -0.1) is 0 Å². The van der Waals surface area contributed by atoms with Crippen molar-refractivity contribution in [3.63, 3.8) is 0 Å². The third-order valence-corrected chi connectivity index (χ3v) is 9.73. The average Bonchev–Trinajstić information content (AvgIpc) is 3.39. The maximum absolute atomic E-state index is 13.3. The second-order valence-corrected chi connectivity index (χ2v) is 15.6. The van der Waals surface area contributed by atoms with Crippen LogP contribution in [0.1, 0.15) is 89.8 Å². The van der Waals surface area contributed by atoms with Crippen LogP contribution in [0.3, 0.4) is 0 Å². The van der Waals surface area contributed by atoms with Crippen molar-refractivity contribution in [2.24, 2.45) is 0 Å². The number of rotatable bonds is 1. The van der Waals surface area contributed by atoms with Crippen molar-refractivity contribution < 1.29 is 28.0 Å². The first-order valence-electron chi connectivity index (χ1n) is 14.8. The number of hydrogen-bond donors (Lipinski definition) is 3. The first-order valence-corrected chi connectivity index (χ1v) is 16.6. The highest BCUT2D eigenvalue weighted by atomic mass is 32.2. The molecule has 4 aromatic carbocycles. The van der Waals surface area contributed by atoms with Gasteiger partial charge in [0.15, 0.2) is 5.78 Å². The summed E-state index contributed by atoms with van der Waals surface area (Å²) in [7, 11) is -3.67. The third kappa shape index (κ3) is 4.65. The summed E-state index contributed by atoms with van der Waals surface area (Å²) in [6, 6.07) is 20.3. The van der Waals surface area contributed by atoms with Crippen molar-refractivity contribution in [3.8, 4) is 33.8 Å². The highest BCUT2D eigenvalue weighted by molar-refractivity contribution is 7.85. The van der Waals surface area contributed by atoms with Gasteiger partial charge in [-0.25, -0.2) is 0 Å². The minimum Gasteiger partial charge on any atom is -0.508 e. The van der Waals surface area contributed by atoms with E-state index >= 15 is 0 Å². The van der Waals surface area contributed by atoms with Gasteiger partial charge < -0.3 is 10.2 Å². The zero-order chi connectivity index (χ0) is 32.1. The van der Waals surface area contributed by atoms with Crippen LogP contribution in [0.2, 0.25) is 0 Å². The Morgan fingerprint density at radius 1 is 0.636 bits per heavy atom. The molecule has 0 heterocycles.